The normalized spacial score (nSPS) is 14.3. The molecule has 1 unspecified atom stereocenters. The van der Waals surface area contributed by atoms with Crippen molar-refractivity contribution in [2.45, 2.75) is 76.7 Å². The summed E-state index contributed by atoms with van der Waals surface area (Å²) in [5.41, 5.74) is -1.15. The zero-order valence-electron chi connectivity index (χ0n) is 14.2. The molecule has 0 heterocycles. The predicted octanol–water partition coefficient (Wildman–Crippen LogP) is 2.87. The summed E-state index contributed by atoms with van der Waals surface area (Å²) < 4.78 is 5.46. The molecule has 0 radical (unpaired) electrons. The van der Waals surface area contributed by atoms with Crippen molar-refractivity contribution in [3.8, 4) is 0 Å². The van der Waals surface area contributed by atoms with E-state index >= 15 is 0 Å². The van der Waals surface area contributed by atoms with Crippen LogP contribution in [-0.4, -0.2) is 49.2 Å². The number of ether oxygens (including phenoxy) is 1. The van der Waals surface area contributed by atoms with E-state index < -0.39 is 5.60 Å². The van der Waals surface area contributed by atoms with Crippen molar-refractivity contribution in [2.24, 2.45) is 0 Å². The Kier molecular flexibility index (Phi) is 14.7. The highest BCUT2D eigenvalue weighted by Crippen LogP contribution is 2.11. The van der Waals surface area contributed by atoms with Gasteiger partial charge < -0.3 is 20.3 Å². The van der Waals surface area contributed by atoms with E-state index in [2.05, 4.69) is 12.2 Å². The van der Waals surface area contributed by atoms with E-state index in [4.69, 9.17) is 9.84 Å². The van der Waals surface area contributed by atoms with Crippen molar-refractivity contribution in [1.82, 2.24) is 5.32 Å². The molecule has 0 aliphatic rings. The molecule has 3 N–H and O–H groups in total. The maximum atomic E-state index is 9.94. The number of aliphatic hydroxyl groups is 2. The zero-order chi connectivity index (χ0) is 15.8. The number of hydrogen-bond donors (Lipinski definition) is 3. The highest BCUT2D eigenvalue weighted by molar-refractivity contribution is 4.79. The summed E-state index contributed by atoms with van der Waals surface area (Å²) in [6.45, 7) is 3.19. The van der Waals surface area contributed by atoms with Gasteiger partial charge in [-0.25, -0.2) is 0 Å². The maximum Gasteiger partial charge on any atom is 0.123 e. The topological polar surface area (TPSA) is 61.7 Å². The fourth-order valence-corrected chi connectivity index (χ4v) is 2.44. The third-order valence-corrected chi connectivity index (χ3v) is 3.81. The molecule has 0 aromatic rings. The lowest BCUT2D eigenvalue weighted by Gasteiger charge is -2.25. The number of hydrogen-bond acceptors (Lipinski definition) is 4. The lowest BCUT2D eigenvalue weighted by Crippen LogP contribution is -2.46. The Balaban J connectivity index is 3.25. The van der Waals surface area contributed by atoms with Gasteiger partial charge in [0.25, 0.3) is 0 Å². The summed E-state index contributed by atoms with van der Waals surface area (Å²) in [7, 11) is 1.75. The van der Waals surface area contributed by atoms with E-state index in [9.17, 15) is 5.11 Å². The zero-order valence-corrected chi connectivity index (χ0v) is 14.2. The number of unbranched alkanes of at least 4 members (excludes halogenated alkanes) is 9. The molecule has 0 aromatic heterocycles. The van der Waals surface area contributed by atoms with Crippen LogP contribution in [0.2, 0.25) is 0 Å². The quantitative estimate of drug-likeness (QED) is 0.384. The van der Waals surface area contributed by atoms with Crippen LogP contribution in [0.4, 0.5) is 0 Å². The first-order chi connectivity index (χ1) is 10.2. The summed E-state index contributed by atoms with van der Waals surface area (Å²) in [4.78, 5) is 0. The fraction of sp³-hybridized carbons (Fsp3) is 1.00. The van der Waals surface area contributed by atoms with Crippen molar-refractivity contribution in [3.63, 3.8) is 0 Å². The van der Waals surface area contributed by atoms with Crippen molar-refractivity contribution >= 4 is 0 Å². The Morgan fingerprint density at radius 3 is 1.90 bits per heavy atom. The van der Waals surface area contributed by atoms with Crippen LogP contribution in [0.25, 0.3) is 0 Å². The second-order valence-corrected chi connectivity index (χ2v) is 6.15. The molecule has 128 valence electrons. The third-order valence-electron chi connectivity index (χ3n) is 3.81. The van der Waals surface area contributed by atoms with E-state index in [0.717, 1.165) is 6.42 Å². The first-order valence-corrected chi connectivity index (χ1v) is 8.74. The van der Waals surface area contributed by atoms with Gasteiger partial charge in [-0.2, -0.15) is 0 Å². The van der Waals surface area contributed by atoms with E-state index in [1.807, 2.05) is 0 Å². The molecule has 0 bridgehead atoms. The lowest BCUT2D eigenvalue weighted by atomic mass is 10.1. The van der Waals surface area contributed by atoms with Crippen LogP contribution in [0.1, 0.15) is 71.1 Å². The summed E-state index contributed by atoms with van der Waals surface area (Å²) in [6, 6.07) is 0. The molecular formula is C17H37NO3. The highest BCUT2D eigenvalue weighted by Gasteiger charge is 2.25. The summed E-state index contributed by atoms with van der Waals surface area (Å²) >= 11 is 0. The Hall–Kier alpha value is -0.160. The van der Waals surface area contributed by atoms with Crippen LogP contribution in [0.3, 0.4) is 0 Å². The van der Waals surface area contributed by atoms with Gasteiger partial charge in [-0.3, -0.25) is 0 Å². The molecule has 0 saturated heterocycles. The molecule has 0 aliphatic carbocycles. The van der Waals surface area contributed by atoms with Crippen molar-refractivity contribution in [2.75, 3.05) is 33.4 Å². The molecule has 0 saturated carbocycles. The smallest absolute Gasteiger partial charge is 0.123 e. The number of rotatable bonds is 16. The average Bonchev–Trinajstić information content (AvgIpc) is 2.48. The van der Waals surface area contributed by atoms with Crippen molar-refractivity contribution < 1.29 is 14.9 Å². The molecule has 0 rings (SSSR count). The van der Waals surface area contributed by atoms with Gasteiger partial charge in [0.05, 0.1) is 13.2 Å². The first-order valence-electron chi connectivity index (χ1n) is 8.74. The second-order valence-electron chi connectivity index (χ2n) is 6.15. The Labute approximate surface area is 131 Å². The van der Waals surface area contributed by atoms with Gasteiger partial charge in [-0.1, -0.05) is 64.7 Å². The molecule has 1 atom stereocenters. The van der Waals surface area contributed by atoms with E-state index in [1.54, 1.807) is 7.05 Å². The largest absolute Gasteiger partial charge is 0.393 e. The van der Waals surface area contributed by atoms with E-state index in [-0.39, 0.29) is 13.2 Å². The Morgan fingerprint density at radius 2 is 1.43 bits per heavy atom. The van der Waals surface area contributed by atoms with Crippen LogP contribution in [0.5, 0.6) is 0 Å². The molecule has 0 spiro atoms. The standard InChI is InChI=1S/C17H37NO3/c1-3-4-5-6-7-8-9-10-11-12-13-21-16-17(20,15-19)14-18-2/h18-20H,3-16H2,1-2H3. The predicted molar refractivity (Wildman–Crippen MR) is 88.6 cm³/mol. The SMILES string of the molecule is CCCCCCCCCCCCOCC(O)(CO)CNC. The van der Waals surface area contributed by atoms with Crippen LogP contribution >= 0.6 is 0 Å². The van der Waals surface area contributed by atoms with Gasteiger partial charge in [-0.05, 0) is 13.5 Å². The van der Waals surface area contributed by atoms with Crippen LogP contribution < -0.4 is 5.32 Å². The molecule has 4 heteroatoms. The molecular weight excluding hydrogens is 266 g/mol. The van der Waals surface area contributed by atoms with Crippen LogP contribution in [0, 0.1) is 0 Å². The van der Waals surface area contributed by atoms with Gasteiger partial charge in [0.1, 0.15) is 5.60 Å². The van der Waals surface area contributed by atoms with Gasteiger partial charge in [0.15, 0.2) is 0 Å². The highest BCUT2D eigenvalue weighted by atomic mass is 16.5. The van der Waals surface area contributed by atoms with Crippen molar-refractivity contribution in [1.29, 1.82) is 0 Å². The third kappa shape index (κ3) is 13.2. The monoisotopic (exact) mass is 303 g/mol. The van der Waals surface area contributed by atoms with Gasteiger partial charge in [0.2, 0.25) is 0 Å². The molecule has 0 amide bonds. The average molecular weight is 303 g/mol. The van der Waals surface area contributed by atoms with Crippen molar-refractivity contribution in [3.05, 3.63) is 0 Å². The Morgan fingerprint density at radius 1 is 0.905 bits per heavy atom. The van der Waals surface area contributed by atoms with E-state index in [0.29, 0.717) is 13.2 Å². The fourth-order valence-electron chi connectivity index (χ4n) is 2.44. The summed E-state index contributed by atoms with van der Waals surface area (Å²) in [5.74, 6) is 0. The van der Waals surface area contributed by atoms with E-state index in [1.165, 1.54) is 57.8 Å². The minimum absolute atomic E-state index is 0.196. The lowest BCUT2D eigenvalue weighted by molar-refractivity contribution is -0.0754. The van der Waals surface area contributed by atoms with Crippen LogP contribution in [0.15, 0.2) is 0 Å². The van der Waals surface area contributed by atoms with Crippen LogP contribution in [-0.2, 0) is 4.74 Å². The summed E-state index contributed by atoms with van der Waals surface area (Å²) in [5, 5.41) is 21.9. The maximum absolute atomic E-state index is 9.94. The number of nitrogens with one attached hydrogen (secondary N) is 1. The number of likely N-dealkylation sites (N-methyl/N-ethyl adjacent to an activating group) is 1. The minimum atomic E-state index is -1.15. The van der Waals surface area contributed by atoms with Gasteiger partial charge in [0, 0.05) is 13.2 Å². The van der Waals surface area contributed by atoms with Gasteiger partial charge in [-0.15, -0.1) is 0 Å². The Bertz CT molecular complexity index is 214. The molecule has 4 nitrogen and oxygen atoms in total. The molecule has 0 aromatic carbocycles. The number of aliphatic hydroxyl groups excluding tert-OH is 1. The van der Waals surface area contributed by atoms with Gasteiger partial charge >= 0.3 is 0 Å². The molecule has 0 fully saturated rings. The summed E-state index contributed by atoms with van der Waals surface area (Å²) in [6.07, 6.45) is 13.1. The second kappa shape index (κ2) is 14.8. The minimum Gasteiger partial charge on any atom is -0.393 e. The first kappa shape index (κ1) is 20.8. The molecule has 0 aliphatic heterocycles. The molecule has 21 heavy (non-hydrogen) atoms.